The number of rotatable bonds is 5. The van der Waals surface area contributed by atoms with Crippen molar-refractivity contribution in [1.82, 2.24) is 10.2 Å². The molecule has 7 nitrogen and oxygen atoms in total. The van der Waals surface area contributed by atoms with Gasteiger partial charge in [-0.15, -0.1) is 0 Å². The summed E-state index contributed by atoms with van der Waals surface area (Å²) in [7, 11) is 1.32. The number of likely N-dealkylation sites (N-methyl/N-ethyl adjacent to an activating group) is 1. The summed E-state index contributed by atoms with van der Waals surface area (Å²) in [4.78, 5) is 24.9. The molecule has 2 rings (SSSR count). The van der Waals surface area contributed by atoms with Gasteiger partial charge in [-0.1, -0.05) is 42.5 Å². The van der Waals surface area contributed by atoms with Gasteiger partial charge >= 0.3 is 6.09 Å². The van der Waals surface area contributed by atoms with Crippen molar-refractivity contribution in [2.75, 3.05) is 13.7 Å². The average Bonchev–Trinajstić information content (AvgIpc) is 2.64. The van der Waals surface area contributed by atoms with Crippen molar-refractivity contribution in [2.24, 2.45) is 0 Å². The molecule has 0 saturated carbocycles. The van der Waals surface area contributed by atoms with Crippen molar-refractivity contribution in [3.05, 3.63) is 48.0 Å². The van der Waals surface area contributed by atoms with E-state index in [1.807, 2.05) is 42.5 Å². The zero-order valence-corrected chi connectivity index (χ0v) is 13.6. The van der Waals surface area contributed by atoms with E-state index < -0.39 is 24.6 Å². The van der Waals surface area contributed by atoms with E-state index in [1.165, 1.54) is 7.05 Å². The van der Waals surface area contributed by atoms with Crippen LogP contribution in [-0.4, -0.2) is 36.6 Å². The van der Waals surface area contributed by atoms with Crippen LogP contribution in [0.5, 0.6) is 0 Å². The lowest BCUT2D eigenvalue weighted by atomic mass is 10.0. The van der Waals surface area contributed by atoms with E-state index in [9.17, 15) is 9.59 Å². The van der Waals surface area contributed by atoms with Gasteiger partial charge < -0.3 is 10.1 Å². The second-order valence-corrected chi connectivity index (χ2v) is 5.31. The second-order valence-electron chi connectivity index (χ2n) is 5.31. The van der Waals surface area contributed by atoms with Gasteiger partial charge in [-0.2, -0.15) is 10.5 Å². The van der Waals surface area contributed by atoms with E-state index in [-0.39, 0.29) is 6.42 Å². The van der Waals surface area contributed by atoms with Gasteiger partial charge in [-0.25, -0.2) is 4.79 Å². The molecule has 1 atom stereocenters. The number of carbonyl (C=O) groups excluding carboxylic acids is 2. The third-order valence-corrected chi connectivity index (χ3v) is 3.59. The first-order valence-electron chi connectivity index (χ1n) is 7.50. The van der Waals surface area contributed by atoms with E-state index in [4.69, 9.17) is 10.5 Å². The van der Waals surface area contributed by atoms with Gasteiger partial charge in [0.1, 0.15) is 12.1 Å². The van der Waals surface area contributed by atoms with Gasteiger partial charge in [-0.3, -0.25) is 9.69 Å². The normalized spacial score (nSPS) is 11.0. The lowest BCUT2D eigenvalue weighted by Gasteiger charge is -2.20. The van der Waals surface area contributed by atoms with Crippen LogP contribution in [0.4, 0.5) is 4.79 Å². The number of hydrogen-bond donors (Lipinski definition) is 1. The predicted molar refractivity (Wildman–Crippen MR) is 89.9 cm³/mol. The van der Waals surface area contributed by atoms with E-state index in [0.717, 1.165) is 21.2 Å². The highest BCUT2D eigenvalue weighted by atomic mass is 16.5. The smallest absolute Gasteiger partial charge is 0.408 e. The number of amides is 2. The lowest BCUT2D eigenvalue weighted by molar-refractivity contribution is -0.129. The molecule has 0 spiro atoms. The Morgan fingerprint density at radius 1 is 1.20 bits per heavy atom. The lowest BCUT2D eigenvalue weighted by Crippen LogP contribution is -2.47. The fourth-order valence-electron chi connectivity index (χ4n) is 2.37. The monoisotopic (exact) mass is 336 g/mol. The maximum Gasteiger partial charge on any atom is 0.408 e. The Kier molecular flexibility index (Phi) is 5.92. The highest BCUT2D eigenvalue weighted by molar-refractivity contribution is 5.87. The Morgan fingerprint density at radius 2 is 1.92 bits per heavy atom. The van der Waals surface area contributed by atoms with Crippen LogP contribution in [0, 0.1) is 22.8 Å². The maximum absolute atomic E-state index is 12.3. The first-order valence-corrected chi connectivity index (χ1v) is 7.50. The number of alkyl carbamates (subject to hydrolysis) is 1. The molecular formula is C18H16N4O3. The number of nitriles is 2. The van der Waals surface area contributed by atoms with Gasteiger partial charge in [0.25, 0.3) is 5.91 Å². The minimum absolute atomic E-state index is 0.192. The molecule has 7 heteroatoms. The van der Waals surface area contributed by atoms with Gasteiger partial charge in [0.2, 0.25) is 0 Å². The Balaban J connectivity index is 2.21. The summed E-state index contributed by atoms with van der Waals surface area (Å²) in [5.41, 5.74) is 0.823. The highest BCUT2D eigenvalue weighted by Gasteiger charge is 2.25. The molecule has 0 aromatic heterocycles. The largest absolute Gasteiger partial charge is 0.434 e. The molecule has 126 valence electrons. The molecule has 0 fully saturated rings. The topological polar surface area (TPSA) is 106 Å². The Hall–Kier alpha value is -3.58. The van der Waals surface area contributed by atoms with Crippen LogP contribution in [0.3, 0.4) is 0 Å². The first kappa shape index (κ1) is 17.8. The number of hydrogen-bond acceptors (Lipinski definition) is 5. The fraction of sp³-hybridized carbons (Fsp3) is 0.222. The summed E-state index contributed by atoms with van der Waals surface area (Å²) >= 11 is 0. The zero-order chi connectivity index (χ0) is 18.2. The molecule has 2 aromatic carbocycles. The van der Waals surface area contributed by atoms with E-state index in [2.05, 4.69) is 10.1 Å². The molecule has 0 aliphatic carbocycles. The van der Waals surface area contributed by atoms with E-state index in [0.29, 0.717) is 0 Å². The molecule has 0 aliphatic rings. The summed E-state index contributed by atoms with van der Waals surface area (Å²) in [5.74, 6) is -0.565. The Morgan fingerprint density at radius 3 is 2.60 bits per heavy atom. The minimum Gasteiger partial charge on any atom is -0.434 e. The van der Waals surface area contributed by atoms with Crippen LogP contribution >= 0.6 is 0 Å². The minimum atomic E-state index is -0.975. The SMILES string of the molecule is CN(C#N)C(=O)C(Cc1ccc2ccccc2c1)NC(=O)OCC#N. The molecule has 1 N–H and O–H groups in total. The molecule has 0 radical (unpaired) electrons. The first-order chi connectivity index (χ1) is 12.0. The van der Waals surface area contributed by atoms with Crippen molar-refractivity contribution < 1.29 is 14.3 Å². The summed E-state index contributed by atoms with van der Waals surface area (Å²) in [6.45, 7) is -0.420. The second kappa shape index (κ2) is 8.32. The summed E-state index contributed by atoms with van der Waals surface area (Å²) in [6.07, 6.45) is 1.03. The molecule has 2 aromatic rings. The molecule has 0 bridgehead atoms. The van der Waals surface area contributed by atoms with Crippen molar-refractivity contribution in [3.8, 4) is 12.3 Å². The molecule has 2 amide bonds. The van der Waals surface area contributed by atoms with Crippen molar-refractivity contribution in [3.63, 3.8) is 0 Å². The van der Waals surface area contributed by atoms with Crippen LogP contribution in [0.25, 0.3) is 10.8 Å². The number of nitrogens with zero attached hydrogens (tertiary/aromatic N) is 3. The van der Waals surface area contributed by atoms with Crippen LogP contribution in [0.2, 0.25) is 0 Å². The standard InChI is InChI=1S/C18H16N4O3/c1-22(12-20)17(23)16(21-18(24)25-9-8-19)11-13-6-7-14-4-2-3-5-15(14)10-13/h2-7,10,16H,9,11H2,1H3,(H,21,24). The van der Waals surface area contributed by atoms with Crippen molar-refractivity contribution in [2.45, 2.75) is 12.5 Å². The van der Waals surface area contributed by atoms with Crippen LogP contribution in [0.15, 0.2) is 42.5 Å². The molecule has 1 unspecified atom stereocenters. The van der Waals surface area contributed by atoms with Gasteiger partial charge in [0.15, 0.2) is 12.8 Å². The number of fused-ring (bicyclic) bond motifs is 1. The maximum atomic E-state index is 12.3. The predicted octanol–water partition coefficient (Wildman–Crippen LogP) is 1.94. The number of nitrogens with one attached hydrogen (secondary N) is 1. The average molecular weight is 336 g/mol. The van der Waals surface area contributed by atoms with Crippen molar-refractivity contribution >= 4 is 22.8 Å². The van der Waals surface area contributed by atoms with Crippen molar-refractivity contribution in [1.29, 1.82) is 10.5 Å². The van der Waals surface area contributed by atoms with Gasteiger partial charge in [0.05, 0.1) is 0 Å². The third kappa shape index (κ3) is 4.69. The molecule has 0 heterocycles. The molecule has 0 saturated heterocycles. The van der Waals surface area contributed by atoms with Crippen LogP contribution in [0.1, 0.15) is 5.56 Å². The van der Waals surface area contributed by atoms with Crippen LogP contribution in [-0.2, 0) is 16.0 Å². The number of benzene rings is 2. The van der Waals surface area contributed by atoms with E-state index in [1.54, 1.807) is 12.3 Å². The van der Waals surface area contributed by atoms with E-state index >= 15 is 0 Å². The fourth-order valence-corrected chi connectivity index (χ4v) is 2.37. The Labute approximate surface area is 145 Å². The molecule has 25 heavy (non-hydrogen) atoms. The molecular weight excluding hydrogens is 320 g/mol. The Bertz CT molecular complexity index is 866. The number of carbonyl (C=O) groups is 2. The third-order valence-electron chi connectivity index (χ3n) is 3.59. The summed E-state index contributed by atoms with van der Waals surface area (Å²) in [6, 6.07) is 14.2. The van der Waals surface area contributed by atoms with Gasteiger partial charge in [-0.05, 0) is 16.3 Å². The zero-order valence-electron chi connectivity index (χ0n) is 13.6. The quantitative estimate of drug-likeness (QED) is 0.663. The summed E-state index contributed by atoms with van der Waals surface area (Å²) < 4.78 is 4.63. The van der Waals surface area contributed by atoms with Gasteiger partial charge in [0, 0.05) is 13.5 Å². The highest BCUT2D eigenvalue weighted by Crippen LogP contribution is 2.17. The van der Waals surface area contributed by atoms with Crippen LogP contribution < -0.4 is 5.32 Å². The molecule has 0 aliphatic heterocycles. The summed E-state index contributed by atoms with van der Waals surface area (Å²) in [5, 5.41) is 21.8. The number of ether oxygens (including phenoxy) is 1.